The summed E-state index contributed by atoms with van der Waals surface area (Å²) >= 11 is 0. The molecule has 0 aromatic heterocycles. The van der Waals surface area contributed by atoms with E-state index in [-0.39, 0.29) is 12.4 Å². The van der Waals surface area contributed by atoms with Crippen LogP contribution < -0.4 is 4.89 Å². The maximum Gasteiger partial charge on any atom is 0.268 e. The van der Waals surface area contributed by atoms with Gasteiger partial charge < -0.3 is 13.9 Å². The van der Waals surface area contributed by atoms with Gasteiger partial charge in [-0.15, -0.1) is 0 Å². The van der Waals surface area contributed by atoms with Gasteiger partial charge in [0.2, 0.25) is 0 Å². The van der Waals surface area contributed by atoms with Crippen molar-refractivity contribution in [1.82, 2.24) is 0 Å². The lowest BCUT2D eigenvalue weighted by Crippen LogP contribution is -2.13. The molecule has 0 spiro atoms. The van der Waals surface area contributed by atoms with E-state index in [0.29, 0.717) is 25.7 Å². The smallest absolute Gasteiger partial charge is 0.268 e. The molecule has 0 N–H and O–H groups in total. The lowest BCUT2D eigenvalue weighted by atomic mass is 9.90. The Labute approximate surface area is 183 Å². The predicted molar refractivity (Wildman–Crippen MR) is 122 cm³/mol. The van der Waals surface area contributed by atoms with Crippen molar-refractivity contribution < 1.29 is 23.3 Å². The highest BCUT2D eigenvalue weighted by molar-refractivity contribution is 7.45. The molecule has 0 aliphatic heterocycles. The third kappa shape index (κ3) is 6.84. The molecule has 1 unspecified atom stereocenters. The summed E-state index contributed by atoms with van der Waals surface area (Å²) in [6.07, 6.45) is 1.30. The molecular weight excluding hydrogens is 411 g/mol. The molecule has 164 valence electrons. The number of unbranched alkanes of at least 4 members (excludes halogenated alkanes) is 1. The molecule has 0 aliphatic rings. The molecule has 1 atom stereocenters. The Kier molecular flexibility index (Phi) is 8.16. The number of phosphoric ester groups is 1. The normalized spacial score (nSPS) is 13.4. The fraction of sp³-hybridized carbons (Fsp3) is 0.320. The number of rotatable bonds is 11. The van der Waals surface area contributed by atoms with Crippen molar-refractivity contribution in [1.29, 1.82) is 0 Å². The third-order valence-corrected chi connectivity index (χ3v) is 6.08. The number of carbonyl (C=O) groups excluding carboxylic acids is 1. The minimum atomic E-state index is -4.27. The van der Waals surface area contributed by atoms with Crippen molar-refractivity contribution in [2.24, 2.45) is 0 Å². The van der Waals surface area contributed by atoms with Gasteiger partial charge in [-0.3, -0.25) is 9.36 Å². The lowest BCUT2D eigenvalue weighted by Gasteiger charge is -2.24. The van der Waals surface area contributed by atoms with E-state index < -0.39 is 13.9 Å². The number of Topliss-reactive ketones (excluding diaryl/α,β-unsaturated/α-hetero) is 1. The van der Waals surface area contributed by atoms with Crippen LogP contribution in [0.3, 0.4) is 0 Å². The summed E-state index contributed by atoms with van der Waals surface area (Å²) in [6.45, 7) is 3.28. The Morgan fingerprint density at radius 3 is 2.42 bits per heavy atom. The number of hydrogen-bond acceptors (Lipinski definition) is 5. The monoisotopic (exact) mass is 439 g/mol. The first-order valence-electron chi connectivity index (χ1n) is 10.6. The summed E-state index contributed by atoms with van der Waals surface area (Å²) in [7, 11) is -4.27. The summed E-state index contributed by atoms with van der Waals surface area (Å²) in [6, 6.07) is 22.4. The Morgan fingerprint density at radius 1 is 0.968 bits per heavy atom. The fourth-order valence-electron chi connectivity index (χ4n) is 3.60. The molecule has 0 radical (unpaired) electrons. The number of ketones is 1. The molecule has 0 aliphatic carbocycles. The molecule has 6 heteroatoms. The van der Waals surface area contributed by atoms with Gasteiger partial charge in [-0.25, -0.2) is 0 Å². The molecule has 0 bridgehead atoms. The van der Waals surface area contributed by atoms with Gasteiger partial charge in [-0.2, -0.15) is 0 Å². The van der Waals surface area contributed by atoms with Crippen molar-refractivity contribution in [2.45, 2.75) is 45.6 Å². The minimum absolute atomic E-state index is 0.0199. The van der Waals surface area contributed by atoms with Crippen LogP contribution in [-0.4, -0.2) is 18.5 Å². The Bertz CT molecular complexity index is 1060. The largest absolute Gasteiger partial charge is 0.756 e. The summed E-state index contributed by atoms with van der Waals surface area (Å²) in [4.78, 5) is 24.2. The molecule has 0 saturated carbocycles. The van der Waals surface area contributed by atoms with Crippen molar-refractivity contribution in [3.8, 4) is 11.1 Å². The van der Waals surface area contributed by atoms with E-state index >= 15 is 0 Å². The second kappa shape index (κ2) is 10.8. The van der Waals surface area contributed by atoms with Gasteiger partial charge in [0.15, 0.2) is 0 Å². The topological polar surface area (TPSA) is 75.7 Å². The van der Waals surface area contributed by atoms with Gasteiger partial charge in [-0.05, 0) is 54.2 Å². The van der Waals surface area contributed by atoms with Crippen molar-refractivity contribution in [2.75, 3.05) is 6.61 Å². The minimum Gasteiger partial charge on any atom is -0.756 e. The first kappa shape index (κ1) is 23.4. The summed E-state index contributed by atoms with van der Waals surface area (Å²) in [5.74, 6) is 0.121. The van der Waals surface area contributed by atoms with Gasteiger partial charge in [0.25, 0.3) is 7.82 Å². The van der Waals surface area contributed by atoms with Crippen molar-refractivity contribution in [3.63, 3.8) is 0 Å². The molecule has 3 rings (SSSR count). The number of benzene rings is 3. The molecule has 5 nitrogen and oxygen atoms in total. The van der Waals surface area contributed by atoms with E-state index in [9.17, 15) is 14.3 Å². The highest BCUT2D eigenvalue weighted by Crippen LogP contribution is 2.39. The predicted octanol–water partition coefficient (Wildman–Crippen LogP) is 5.70. The average Bonchev–Trinajstić information content (AvgIpc) is 2.73. The van der Waals surface area contributed by atoms with Crippen LogP contribution in [-0.2, 0) is 24.8 Å². The van der Waals surface area contributed by atoms with Crippen LogP contribution in [0.1, 0.15) is 38.7 Å². The standard InChI is InChI=1S/C25H29O5P/c1-19(2)30-31(27,28)29-17-9-8-13-23(26)18-22-16-15-20-10-6-7-14-24(20)25(22)21-11-4-3-5-12-21/h3-7,10-12,14-16,19H,8-9,13,17-18H2,1-2H3,(H,27,28)/p-1. The van der Waals surface area contributed by atoms with Crippen LogP contribution in [0.2, 0.25) is 0 Å². The van der Waals surface area contributed by atoms with E-state index in [4.69, 9.17) is 9.05 Å². The van der Waals surface area contributed by atoms with Crippen LogP contribution in [0, 0.1) is 0 Å². The first-order chi connectivity index (χ1) is 14.9. The molecule has 3 aromatic carbocycles. The molecule has 0 fully saturated rings. The summed E-state index contributed by atoms with van der Waals surface area (Å²) < 4.78 is 21.2. The third-order valence-electron chi connectivity index (χ3n) is 4.90. The van der Waals surface area contributed by atoms with Gasteiger partial charge >= 0.3 is 0 Å². The second-order valence-electron chi connectivity index (χ2n) is 7.79. The van der Waals surface area contributed by atoms with Gasteiger partial charge in [0, 0.05) is 12.8 Å². The van der Waals surface area contributed by atoms with Crippen LogP contribution in [0.25, 0.3) is 21.9 Å². The quantitative estimate of drug-likeness (QED) is 0.283. The zero-order valence-corrected chi connectivity index (χ0v) is 18.8. The van der Waals surface area contributed by atoms with E-state index in [0.717, 1.165) is 27.5 Å². The SMILES string of the molecule is CC(C)OP(=O)([O-])OCCCCC(=O)Cc1ccc2ccccc2c1-c1ccccc1. The number of carbonyl (C=O) groups is 1. The number of fused-ring (bicyclic) bond motifs is 1. The van der Waals surface area contributed by atoms with Crippen LogP contribution in [0.4, 0.5) is 0 Å². The van der Waals surface area contributed by atoms with Crippen LogP contribution >= 0.6 is 7.82 Å². The Morgan fingerprint density at radius 2 is 1.68 bits per heavy atom. The fourth-order valence-corrected chi connectivity index (χ4v) is 4.53. The Balaban J connectivity index is 1.63. The molecule has 0 saturated heterocycles. The van der Waals surface area contributed by atoms with E-state index in [1.54, 1.807) is 13.8 Å². The van der Waals surface area contributed by atoms with E-state index in [1.165, 1.54) is 0 Å². The van der Waals surface area contributed by atoms with Crippen molar-refractivity contribution in [3.05, 3.63) is 72.3 Å². The number of phosphoric acid groups is 1. The number of hydrogen-bond donors (Lipinski definition) is 0. The zero-order chi connectivity index (χ0) is 22.3. The molecule has 31 heavy (non-hydrogen) atoms. The molecule has 0 amide bonds. The first-order valence-corrected chi connectivity index (χ1v) is 12.0. The van der Waals surface area contributed by atoms with Crippen LogP contribution in [0.15, 0.2) is 66.7 Å². The zero-order valence-electron chi connectivity index (χ0n) is 18.0. The van der Waals surface area contributed by atoms with Gasteiger partial charge in [0.05, 0.1) is 12.7 Å². The molecular formula is C25H28O5P-. The lowest BCUT2D eigenvalue weighted by molar-refractivity contribution is -0.228. The maximum atomic E-state index is 12.7. The molecule has 0 heterocycles. The second-order valence-corrected chi connectivity index (χ2v) is 9.16. The van der Waals surface area contributed by atoms with E-state index in [1.807, 2.05) is 36.4 Å². The highest BCUT2D eigenvalue weighted by Gasteiger charge is 2.14. The van der Waals surface area contributed by atoms with E-state index in [2.05, 4.69) is 30.3 Å². The average molecular weight is 439 g/mol. The van der Waals surface area contributed by atoms with Crippen LogP contribution in [0.5, 0.6) is 0 Å². The van der Waals surface area contributed by atoms with Gasteiger partial charge in [0.1, 0.15) is 5.78 Å². The van der Waals surface area contributed by atoms with Crippen molar-refractivity contribution >= 4 is 24.4 Å². The Hall–Kier alpha value is -2.30. The summed E-state index contributed by atoms with van der Waals surface area (Å²) in [5.41, 5.74) is 3.18. The highest BCUT2D eigenvalue weighted by atomic mass is 31.2. The summed E-state index contributed by atoms with van der Waals surface area (Å²) in [5, 5.41) is 2.27. The molecule has 3 aromatic rings. The maximum absolute atomic E-state index is 12.7. The van der Waals surface area contributed by atoms with Gasteiger partial charge in [-0.1, -0.05) is 66.7 Å².